The molecule has 2 fully saturated rings. The van der Waals surface area contributed by atoms with Crippen LogP contribution in [0.1, 0.15) is 32.6 Å². The van der Waals surface area contributed by atoms with E-state index < -0.39 is 0 Å². The predicted molar refractivity (Wildman–Crippen MR) is 48.3 cm³/mol. The summed E-state index contributed by atoms with van der Waals surface area (Å²) in [4.78, 5) is 11.9. The Kier molecular flexibility index (Phi) is 1.23. The van der Waals surface area contributed by atoms with Crippen LogP contribution in [0.4, 0.5) is 0 Å². The molecule has 0 aromatic rings. The van der Waals surface area contributed by atoms with Gasteiger partial charge in [0.2, 0.25) is 0 Å². The zero-order valence-electron chi connectivity index (χ0n) is 7.88. The number of hydrogen-bond acceptors (Lipinski definition) is 2. The molecule has 0 aromatic heterocycles. The van der Waals surface area contributed by atoms with Crippen molar-refractivity contribution in [3.8, 4) is 0 Å². The van der Waals surface area contributed by atoms with Crippen molar-refractivity contribution in [2.45, 2.75) is 44.3 Å². The molecule has 0 bridgehead atoms. The molecule has 1 saturated heterocycles. The molecule has 3 atom stereocenters. The van der Waals surface area contributed by atoms with E-state index in [1.807, 2.05) is 6.92 Å². The second-order valence-electron chi connectivity index (χ2n) is 4.61. The van der Waals surface area contributed by atoms with Gasteiger partial charge in [0.25, 0.3) is 0 Å². The van der Waals surface area contributed by atoms with E-state index >= 15 is 0 Å². The van der Waals surface area contributed by atoms with Crippen LogP contribution in [0, 0.1) is 5.41 Å². The second kappa shape index (κ2) is 2.06. The SMILES string of the molecule is C[C@]12C=CCC3OC31CCCC2=O. The van der Waals surface area contributed by atoms with Crippen LogP contribution in [0.15, 0.2) is 12.2 Å². The molecule has 2 heteroatoms. The Morgan fingerprint density at radius 3 is 3.23 bits per heavy atom. The van der Waals surface area contributed by atoms with Gasteiger partial charge in [-0.1, -0.05) is 12.2 Å². The fourth-order valence-corrected chi connectivity index (χ4v) is 3.06. The average molecular weight is 178 g/mol. The molecule has 0 radical (unpaired) electrons. The Hall–Kier alpha value is -0.630. The van der Waals surface area contributed by atoms with Gasteiger partial charge in [-0.2, -0.15) is 0 Å². The van der Waals surface area contributed by atoms with Gasteiger partial charge in [0.1, 0.15) is 11.4 Å². The Morgan fingerprint density at radius 1 is 1.62 bits per heavy atom. The third kappa shape index (κ3) is 0.715. The molecule has 70 valence electrons. The molecule has 1 aliphatic heterocycles. The summed E-state index contributed by atoms with van der Waals surface area (Å²) < 4.78 is 5.76. The van der Waals surface area contributed by atoms with Gasteiger partial charge in [-0.25, -0.2) is 0 Å². The zero-order chi connectivity index (χ0) is 9.10. The number of ketones is 1. The van der Waals surface area contributed by atoms with Crippen LogP contribution >= 0.6 is 0 Å². The van der Waals surface area contributed by atoms with E-state index in [4.69, 9.17) is 4.74 Å². The maximum atomic E-state index is 11.9. The normalized spacial score (nSPS) is 52.7. The lowest BCUT2D eigenvalue weighted by Crippen LogP contribution is -2.47. The zero-order valence-corrected chi connectivity index (χ0v) is 7.88. The van der Waals surface area contributed by atoms with E-state index in [1.165, 1.54) is 0 Å². The molecule has 2 unspecified atom stereocenters. The highest BCUT2D eigenvalue weighted by Gasteiger charge is 2.70. The summed E-state index contributed by atoms with van der Waals surface area (Å²) in [6, 6.07) is 0. The van der Waals surface area contributed by atoms with Crippen LogP contribution in [0.5, 0.6) is 0 Å². The topological polar surface area (TPSA) is 29.6 Å². The summed E-state index contributed by atoms with van der Waals surface area (Å²) in [5.41, 5.74) is -0.384. The minimum absolute atomic E-state index is 0.0862. The van der Waals surface area contributed by atoms with Gasteiger partial charge in [0.15, 0.2) is 0 Å². The maximum Gasteiger partial charge on any atom is 0.145 e. The molecule has 2 aliphatic carbocycles. The van der Waals surface area contributed by atoms with E-state index in [0.717, 1.165) is 25.7 Å². The highest BCUT2D eigenvalue weighted by Crippen LogP contribution is 2.61. The molecule has 3 rings (SSSR count). The van der Waals surface area contributed by atoms with Crippen LogP contribution in [0.2, 0.25) is 0 Å². The van der Waals surface area contributed by atoms with E-state index in [1.54, 1.807) is 0 Å². The van der Waals surface area contributed by atoms with Gasteiger partial charge < -0.3 is 4.74 Å². The third-order valence-corrected chi connectivity index (χ3v) is 4.03. The molecule has 1 spiro atoms. The second-order valence-corrected chi connectivity index (χ2v) is 4.61. The van der Waals surface area contributed by atoms with E-state index in [2.05, 4.69) is 12.2 Å². The average Bonchev–Trinajstić information content (AvgIpc) is 2.79. The van der Waals surface area contributed by atoms with Crippen molar-refractivity contribution in [1.82, 2.24) is 0 Å². The van der Waals surface area contributed by atoms with Gasteiger partial charge >= 0.3 is 0 Å². The van der Waals surface area contributed by atoms with Crippen molar-refractivity contribution < 1.29 is 9.53 Å². The Morgan fingerprint density at radius 2 is 2.46 bits per heavy atom. The first-order valence-corrected chi connectivity index (χ1v) is 5.08. The van der Waals surface area contributed by atoms with Crippen molar-refractivity contribution in [2.24, 2.45) is 5.41 Å². The van der Waals surface area contributed by atoms with Crippen LogP contribution in [-0.4, -0.2) is 17.5 Å². The number of ether oxygens (including phenoxy) is 1. The minimum atomic E-state index is -0.297. The van der Waals surface area contributed by atoms with Crippen molar-refractivity contribution in [2.75, 3.05) is 0 Å². The lowest BCUT2D eigenvalue weighted by molar-refractivity contribution is -0.131. The molecule has 0 N–H and O–H groups in total. The lowest BCUT2D eigenvalue weighted by atomic mass is 9.62. The van der Waals surface area contributed by atoms with Crippen LogP contribution in [0.25, 0.3) is 0 Å². The smallest absolute Gasteiger partial charge is 0.145 e. The molecule has 3 aliphatic rings. The highest BCUT2D eigenvalue weighted by molar-refractivity contribution is 5.89. The molecule has 2 nitrogen and oxygen atoms in total. The first-order valence-electron chi connectivity index (χ1n) is 5.08. The summed E-state index contributed by atoms with van der Waals surface area (Å²) in [5.74, 6) is 0.372. The molecular formula is C11H14O2. The number of Topliss-reactive ketones (excluding diaryl/α,β-unsaturated/α-hetero) is 1. The van der Waals surface area contributed by atoms with Gasteiger partial charge in [-0.05, 0) is 26.2 Å². The summed E-state index contributed by atoms with van der Waals surface area (Å²) in [5, 5.41) is 0. The van der Waals surface area contributed by atoms with Gasteiger partial charge in [-0.3, -0.25) is 4.79 Å². The van der Waals surface area contributed by atoms with Crippen molar-refractivity contribution in [3.63, 3.8) is 0 Å². The fourth-order valence-electron chi connectivity index (χ4n) is 3.06. The first kappa shape index (κ1) is 7.74. The summed E-state index contributed by atoms with van der Waals surface area (Å²) in [6.45, 7) is 2.05. The molecule has 0 aromatic carbocycles. The van der Waals surface area contributed by atoms with Crippen molar-refractivity contribution >= 4 is 5.78 Å². The van der Waals surface area contributed by atoms with Crippen molar-refractivity contribution in [3.05, 3.63) is 12.2 Å². The Labute approximate surface area is 78.0 Å². The minimum Gasteiger partial charge on any atom is -0.364 e. The monoisotopic (exact) mass is 178 g/mol. The number of carbonyl (C=O) groups is 1. The van der Waals surface area contributed by atoms with E-state index in [0.29, 0.717) is 11.9 Å². The first-order chi connectivity index (χ1) is 6.19. The van der Waals surface area contributed by atoms with Gasteiger partial charge in [0.05, 0.1) is 11.5 Å². The van der Waals surface area contributed by atoms with Gasteiger partial charge in [-0.15, -0.1) is 0 Å². The number of epoxide rings is 1. The lowest BCUT2D eigenvalue weighted by Gasteiger charge is -2.37. The predicted octanol–water partition coefficient (Wildman–Crippen LogP) is 1.84. The number of hydrogen-bond donors (Lipinski definition) is 0. The van der Waals surface area contributed by atoms with Crippen LogP contribution in [-0.2, 0) is 9.53 Å². The van der Waals surface area contributed by atoms with E-state index in [9.17, 15) is 4.79 Å². The fraction of sp³-hybridized carbons (Fsp3) is 0.727. The quantitative estimate of drug-likeness (QED) is 0.418. The Bertz CT molecular complexity index is 307. The van der Waals surface area contributed by atoms with Crippen LogP contribution < -0.4 is 0 Å². The standard InChI is InChI=1S/C11H14O2/c1-10-6-3-5-9-11(10,13-9)7-2-4-8(10)12/h3,6,9H,2,4-5,7H2,1H3/t9?,10-,11?/m1/s1. The number of carbonyl (C=O) groups excluding carboxylic acids is 1. The van der Waals surface area contributed by atoms with E-state index in [-0.39, 0.29) is 11.0 Å². The molecule has 1 heterocycles. The van der Waals surface area contributed by atoms with Crippen LogP contribution in [0.3, 0.4) is 0 Å². The largest absolute Gasteiger partial charge is 0.364 e. The molecular weight excluding hydrogens is 164 g/mol. The highest BCUT2D eigenvalue weighted by atomic mass is 16.6. The molecule has 0 amide bonds. The third-order valence-electron chi connectivity index (χ3n) is 4.03. The summed E-state index contributed by atoms with van der Waals surface area (Å²) >= 11 is 0. The summed E-state index contributed by atoms with van der Waals surface area (Å²) in [6.07, 6.45) is 8.36. The number of rotatable bonds is 0. The van der Waals surface area contributed by atoms with Crippen molar-refractivity contribution in [1.29, 1.82) is 0 Å². The van der Waals surface area contributed by atoms with Gasteiger partial charge in [0, 0.05) is 6.42 Å². The molecule has 1 saturated carbocycles. The maximum absolute atomic E-state index is 11.9. The molecule has 13 heavy (non-hydrogen) atoms. The summed E-state index contributed by atoms with van der Waals surface area (Å²) in [7, 11) is 0. The Balaban J connectivity index is 2.09.